The first-order valence-electron chi connectivity index (χ1n) is 11.8. The Kier molecular flexibility index (Phi) is 6.30. The van der Waals surface area contributed by atoms with Crippen molar-refractivity contribution in [2.24, 2.45) is 0 Å². The van der Waals surface area contributed by atoms with Crippen LogP contribution in [0.2, 0.25) is 0 Å². The van der Waals surface area contributed by atoms with Gasteiger partial charge in [0.05, 0.1) is 5.69 Å². The second-order valence-corrected chi connectivity index (χ2v) is 8.93. The summed E-state index contributed by atoms with van der Waals surface area (Å²) < 4.78 is 0. The minimum Gasteiger partial charge on any atom is -0.336 e. The van der Waals surface area contributed by atoms with E-state index in [1.165, 1.54) is 25.7 Å². The molecule has 1 N–H and O–H groups in total. The van der Waals surface area contributed by atoms with Crippen molar-refractivity contribution in [2.75, 3.05) is 31.5 Å². The first kappa shape index (κ1) is 21.5. The number of carbonyl (C=O) groups excluding carboxylic acids is 1. The van der Waals surface area contributed by atoms with Gasteiger partial charge in [0.15, 0.2) is 0 Å². The molecule has 0 bridgehead atoms. The summed E-state index contributed by atoms with van der Waals surface area (Å²) in [7, 11) is 0. The molecule has 0 spiro atoms. The van der Waals surface area contributed by atoms with Crippen LogP contribution in [0.15, 0.2) is 55.0 Å². The SMILES string of the molecule is Cc1ccc(C(=O)N2CCN(C3CCCC3)CC2)cc1Nc1nccc(-c2cccnc2)n1. The molecule has 2 aliphatic rings. The zero-order valence-electron chi connectivity index (χ0n) is 19.1. The Morgan fingerprint density at radius 1 is 1.03 bits per heavy atom. The number of aromatic nitrogens is 3. The minimum atomic E-state index is 0.0918. The molecule has 1 amide bonds. The standard InChI is InChI=1S/C26H30N6O/c1-19-8-9-20(25(33)32-15-13-31(14-16-32)22-6-2-3-7-22)17-24(19)30-26-28-12-10-23(29-26)21-5-4-11-27-18-21/h4-5,8-12,17-18,22H,2-3,6-7,13-16H2,1H3,(H,28,29,30). The molecule has 0 unspecified atom stereocenters. The largest absolute Gasteiger partial charge is 0.336 e. The summed E-state index contributed by atoms with van der Waals surface area (Å²) in [6.45, 7) is 5.55. The number of piperazine rings is 1. The molecule has 3 heterocycles. The van der Waals surface area contributed by atoms with E-state index >= 15 is 0 Å². The number of amides is 1. The quantitative estimate of drug-likeness (QED) is 0.635. The summed E-state index contributed by atoms with van der Waals surface area (Å²) >= 11 is 0. The van der Waals surface area contributed by atoms with Gasteiger partial charge in [0.25, 0.3) is 5.91 Å². The normalized spacial score (nSPS) is 17.3. The Balaban J connectivity index is 1.28. The van der Waals surface area contributed by atoms with Crippen LogP contribution in [0.25, 0.3) is 11.3 Å². The van der Waals surface area contributed by atoms with Crippen molar-refractivity contribution in [1.82, 2.24) is 24.8 Å². The fourth-order valence-corrected chi connectivity index (χ4v) is 4.85. The number of hydrogen-bond acceptors (Lipinski definition) is 6. The molecular weight excluding hydrogens is 412 g/mol. The fourth-order valence-electron chi connectivity index (χ4n) is 4.85. The maximum absolute atomic E-state index is 13.2. The molecule has 1 aliphatic heterocycles. The van der Waals surface area contributed by atoms with Crippen LogP contribution < -0.4 is 5.32 Å². The Labute approximate surface area is 194 Å². The molecule has 7 heteroatoms. The fraction of sp³-hybridized carbons (Fsp3) is 0.385. The van der Waals surface area contributed by atoms with Gasteiger partial charge < -0.3 is 10.2 Å². The van der Waals surface area contributed by atoms with Crippen LogP contribution in [-0.4, -0.2) is 62.9 Å². The van der Waals surface area contributed by atoms with Crippen molar-refractivity contribution in [3.63, 3.8) is 0 Å². The van der Waals surface area contributed by atoms with E-state index in [9.17, 15) is 4.79 Å². The van der Waals surface area contributed by atoms with Gasteiger partial charge in [-0.15, -0.1) is 0 Å². The van der Waals surface area contributed by atoms with Crippen LogP contribution in [0, 0.1) is 6.92 Å². The number of nitrogens with one attached hydrogen (secondary N) is 1. The highest BCUT2D eigenvalue weighted by molar-refractivity contribution is 5.95. The van der Waals surface area contributed by atoms with Gasteiger partial charge >= 0.3 is 0 Å². The molecule has 1 saturated heterocycles. The molecule has 1 aromatic carbocycles. The molecule has 1 aliphatic carbocycles. The summed E-state index contributed by atoms with van der Waals surface area (Å²) in [5, 5.41) is 3.30. The topological polar surface area (TPSA) is 74.2 Å². The average molecular weight is 443 g/mol. The number of carbonyl (C=O) groups is 1. The third kappa shape index (κ3) is 4.88. The van der Waals surface area contributed by atoms with Gasteiger partial charge in [-0.3, -0.25) is 14.7 Å². The van der Waals surface area contributed by atoms with Gasteiger partial charge in [0.2, 0.25) is 5.95 Å². The predicted octanol–water partition coefficient (Wildman–Crippen LogP) is 4.29. The van der Waals surface area contributed by atoms with E-state index in [4.69, 9.17) is 0 Å². The molecule has 0 atom stereocenters. The van der Waals surface area contributed by atoms with Crippen molar-refractivity contribution >= 4 is 17.5 Å². The number of anilines is 2. The highest BCUT2D eigenvalue weighted by Crippen LogP contribution is 2.26. The first-order chi connectivity index (χ1) is 16.2. The molecule has 1 saturated carbocycles. The van der Waals surface area contributed by atoms with E-state index in [0.29, 0.717) is 11.5 Å². The summed E-state index contributed by atoms with van der Waals surface area (Å²) in [5.74, 6) is 0.586. The van der Waals surface area contributed by atoms with Gasteiger partial charge in [0.1, 0.15) is 0 Å². The van der Waals surface area contributed by atoms with E-state index in [1.807, 2.05) is 48.2 Å². The third-order valence-electron chi connectivity index (χ3n) is 6.79. The number of aryl methyl sites for hydroxylation is 1. The summed E-state index contributed by atoms with van der Waals surface area (Å²) in [4.78, 5) is 30.9. The predicted molar refractivity (Wildman–Crippen MR) is 129 cm³/mol. The van der Waals surface area contributed by atoms with Gasteiger partial charge in [-0.25, -0.2) is 9.97 Å². The zero-order chi connectivity index (χ0) is 22.6. The number of pyridine rings is 1. The van der Waals surface area contributed by atoms with Crippen LogP contribution in [0.4, 0.5) is 11.6 Å². The lowest BCUT2D eigenvalue weighted by Gasteiger charge is -2.38. The molecule has 2 aromatic heterocycles. The summed E-state index contributed by atoms with van der Waals surface area (Å²) in [6.07, 6.45) is 10.6. The number of benzene rings is 1. The molecule has 7 nitrogen and oxygen atoms in total. The molecule has 2 fully saturated rings. The van der Waals surface area contributed by atoms with E-state index in [0.717, 1.165) is 54.7 Å². The lowest BCUT2D eigenvalue weighted by molar-refractivity contribution is 0.0573. The molecule has 5 rings (SSSR count). The maximum atomic E-state index is 13.2. The van der Waals surface area contributed by atoms with Crippen LogP contribution >= 0.6 is 0 Å². The number of hydrogen-bond donors (Lipinski definition) is 1. The molecule has 33 heavy (non-hydrogen) atoms. The van der Waals surface area contributed by atoms with E-state index in [1.54, 1.807) is 18.6 Å². The Morgan fingerprint density at radius 2 is 1.85 bits per heavy atom. The van der Waals surface area contributed by atoms with E-state index in [-0.39, 0.29) is 5.91 Å². The highest BCUT2D eigenvalue weighted by atomic mass is 16.2. The van der Waals surface area contributed by atoms with Gasteiger partial charge in [-0.05, 0) is 55.7 Å². The average Bonchev–Trinajstić information content (AvgIpc) is 3.41. The van der Waals surface area contributed by atoms with E-state index < -0.39 is 0 Å². The van der Waals surface area contributed by atoms with Crippen molar-refractivity contribution in [2.45, 2.75) is 38.6 Å². The Morgan fingerprint density at radius 3 is 2.61 bits per heavy atom. The monoisotopic (exact) mass is 442 g/mol. The summed E-state index contributed by atoms with van der Waals surface area (Å²) in [5.41, 5.74) is 4.30. The van der Waals surface area contributed by atoms with Crippen molar-refractivity contribution < 1.29 is 4.79 Å². The smallest absolute Gasteiger partial charge is 0.254 e. The van der Waals surface area contributed by atoms with Crippen molar-refractivity contribution in [1.29, 1.82) is 0 Å². The lowest BCUT2D eigenvalue weighted by Crippen LogP contribution is -2.51. The second-order valence-electron chi connectivity index (χ2n) is 8.93. The van der Waals surface area contributed by atoms with Gasteiger partial charge in [-0.1, -0.05) is 18.9 Å². The van der Waals surface area contributed by atoms with Gasteiger partial charge in [-0.2, -0.15) is 0 Å². The minimum absolute atomic E-state index is 0.0918. The second kappa shape index (κ2) is 9.67. The molecular formula is C26H30N6O. The van der Waals surface area contributed by atoms with Crippen LogP contribution in [-0.2, 0) is 0 Å². The lowest BCUT2D eigenvalue weighted by atomic mass is 10.1. The van der Waals surface area contributed by atoms with Gasteiger partial charge in [0, 0.05) is 67.6 Å². The Hall–Kier alpha value is -3.32. The van der Waals surface area contributed by atoms with Crippen LogP contribution in [0.5, 0.6) is 0 Å². The maximum Gasteiger partial charge on any atom is 0.254 e. The summed E-state index contributed by atoms with van der Waals surface area (Å²) in [6, 6.07) is 12.3. The number of nitrogens with zero attached hydrogens (tertiary/aromatic N) is 5. The molecule has 0 radical (unpaired) electrons. The highest BCUT2D eigenvalue weighted by Gasteiger charge is 2.28. The van der Waals surface area contributed by atoms with E-state index in [2.05, 4.69) is 25.2 Å². The molecule has 170 valence electrons. The number of rotatable bonds is 5. The third-order valence-corrected chi connectivity index (χ3v) is 6.79. The molecule has 3 aromatic rings. The Bertz CT molecular complexity index is 1100. The van der Waals surface area contributed by atoms with Crippen LogP contribution in [0.1, 0.15) is 41.6 Å². The van der Waals surface area contributed by atoms with Crippen LogP contribution in [0.3, 0.4) is 0 Å². The van der Waals surface area contributed by atoms with Crippen molar-refractivity contribution in [3.05, 3.63) is 66.1 Å². The van der Waals surface area contributed by atoms with Crippen molar-refractivity contribution in [3.8, 4) is 11.3 Å². The zero-order valence-corrected chi connectivity index (χ0v) is 19.1. The first-order valence-corrected chi connectivity index (χ1v) is 11.8.